The molecule has 0 unspecified atom stereocenters. The Morgan fingerprint density at radius 2 is 1.92 bits per heavy atom. The van der Waals surface area contributed by atoms with Crippen LogP contribution in [0.4, 0.5) is 5.69 Å². The highest BCUT2D eigenvalue weighted by Gasteiger charge is 2.17. The second kappa shape index (κ2) is 6.86. The number of nitrogens with one attached hydrogen (secondary N) is 1. The minimum atomic E-state index is -0.538. The van der Waals surface area contributed by atoms with E-state index in [1.807, 2.05) is 20.8 Å². The van der Waals surface area contributed by atoms with Gasteiger partial charge in [0.25, 0.3) is 0 Å². The summed E-state index contributed by atoms with van der Waals surface area (Å²) >= 11 is 0. The van der Waals surface area contributed by atoms with E-state index in [2.05, 4.69) is 5.32 Å². The van der Waals surface area contributed by atoms with Gasteiger partial charge in [-0.2, -0.15) is 0 Å². The number of ether oxygens (including phenoxy) is 1. The van der Waals surface area contributed by atoms with Crippen molar-refractivity contribution in [1.82, 2.24) is 0 Å². The van der Waals surface area contributed by atoms with Crippen LogP contribution in [0, 0.1) is 5.41 Å². The number of anilines is 1. The largest absolute Gasteiger partial charge is 0.461 e. The Hall–Kier alpha value is -2.63. The summed E-state index contributed by atoms with van der Waals surface area (Å²) in [7, 11) is 0. The molecule has 128 valence electrons. The number of fused-ring (bicyclic) bond motifs is 1. The molecule has 6 heteroatoms. The summed E-state index contributed by atoms with van der Waals surface area (Å²) in [5, 5.41) is 3.28. The third-order valence-corrected chi connectivity index (χ3v) is 3.21. The normalized spacial score (nSPS) is 11.3. The molecule has 1 N–H and O–H groups in total. The topological polar surface area (TPSA) is 85.6 Å². The molecule has 1 heterocycles. The molecule has 0 fully saturated rings. The summed E-state index contributed by atoms with van der Waals surface area (Å²) in [5.74, 6) is -0.539. The molecule has 0 atom stereocenters. The van der Waals surface area contributed by atoms with Crippen molar-refractivity contribution in [1.29, 1.82) is 0 Å². The van der Waals surface area contributed by atoms with Crippen molar-refractivity contribution in [2.24, 2.45) is 5.41 Å². The van der Waals surface area contributed by atoms with Crippen molar-refractivity contribution in [2.75, 3.05) is 5.32 Å². The summed E-state index contributed by atoms with van der Waals surface area (Å²) in [4.78, 5) is 34.7. The minimum absolute atomic E-state index is 0.00348. The zero-order valence-electron chi connectivity index (χ0n) is 14.3. The van der Waals surface area contributed by atoms with Crippen LogP contribution in [-0.2, 0) is 20.9 Å². The van der Waals surface area contributed by atoms with Crippen LogP contribution < -0.4 is 10.9 Å². The molecule has 0 saturated heterocycles. The van der Waals surface area contributed by atoms with E-state index in [-0.39, 0.29) is 23.9 Å². The van der Waals surface area contributed by atoms with Crippen LogP contribution in [0.1, 0.15) is 39.7 Å². The maximum atomic E-state index is 11.9. The van der Waals surface area contributed by atoms with E-state index in [4.69, 9.17) is 9.15 Å². The molecule has 2 aromatic rings. The van der Waals surface area contributed by atoms with Gasteiger partial charge in [0.15, 0.2) is 0 Å². The molecule has 0 radical (unpaired) electrons. The zero-order chi connectivity index (χ0) is 17.9. The van der Waals surface area contributed by atoms with E-state index < -0.39 is 5.63 Å². The highest BCUT2D eigenvalue weighted by molar-refractivity contribution is 5.92. The first kappa shape index (κ1) is 17.7. The van der Waals surface area contributed by atoms with E-state index in [1.54, 1.807) is 18.2 Å². The van der Waals surface area contributed by atoms with Gasteiger partial charge in [-0.25, -0.2) is 4.79 Å². The van der Waals surface area contributed by atoms with Crippen molar-refractivity contribution in [2.45, 2.75) is 40.7 Å². The van der Waals surface area contributed by atoms with Gasteiger partial charge in [-0.3, -0.25) is 9.59 Å². The molecule has 0 saturated carbocycles. The van der Waals surface area contributed by atoms with Gasteiger partial charge in [0.05, 0.1) is 6.42 Å². The van der Waals surface area contributed by atoms with Gasteiger partial charge in [0, 0.05) is 35.7 Å². The molecule has 0 bridgehead atoms. The number of rotatable bonds is 4. The zero-order valence-corrected chi connectivity index (χ0v) is 14.3. The highest BCUT2D eigenvalue weighted by atomic mass is 16.5. The van der Waals surface area contributed by atoms with E-state index >= 15 is 0 Å². The lowest BCUT2D eigenvalue weighted by molar-refractivity contribution is -0.147. The Morgan fingerprint density at radius 1 is 1.21 bits per heavy atom. The van der Waals surface area contributed by atoms with Gasteiger partial charge in [-0.1, -0.05) is 20.8 Å². The Morgan fingerprint density at radius 3 is 2.54 bits per heavy atom. The van der Waals surface area contributed by atoms with Crippen molar-refractivity contribution in [3.05, 3.63) is 40.2 Å². The molecule has 24 heavy (non-hydrogen) atoms. The van der Waals surface area contributed by atoms with Crippen molar-refractivity contribution in [3.8, 4) is 0 Å². The van der Waals surface area contributed by atoms with Crippen LogP contribution in [0.5, 0.6) is 0 Å². The number of hydrogen-bond donors (Lipinski definition) is 1. The summed E-state index contributed by atoms with van der Waals surface area (Å²) in [6.07, 6.45) is 0.291. The average molecular weight is 331 g/mol. The number of carbonyl (C=O) groups is 2. The Kier molecular flexibility index (Phi) is 5.07. The fourth-order valence-corrected chi connectivity index (χ4v) is 2.27. The summed E-state index contributed by atoms with van der Waals surface area (Å²) in [6.45, 7) is 7.24. The Labute approximate surface area is 139 Å². The lowest BCUT2D eigenvalue weighted by Crippen LogP contribution is -2.15. The van der Waals surface area contributed by atoms with Crippen molar-refractivity contribution < 1.29 is 18.7 Å². The first-order valence-electron chi connectivity index (χ1n) is 7.64. The minimum Gasteiger partial charge on any atom is -0.461 e. The fourth-order valence-electron chi connectivity index (χ4n) is 2.27. The summed E-state index contributed by atoms with van der Waals surface area (Å²) in [6, 6.07) is 6.30. The second-order valence-electron chi connectivity index (χ2n) is 6.88. The molecule has 0 aliphatic rings. The highest BCUT2D eigenvalue weighted by Crippen LogP contribution is 2.23. The Bertz CT molecular complexity index is 829. The molecule has 1 aromatic carbocycles. The smallest absolute Gasteiger partial charge is 0.336 e. The predicted molar refractivity (Wildman–Crippen MR) is 90.7 cm³/mol. The van der Waals surface area contributed by atoms with E-state index in [0.717, 1.165) is 0 Å². The number of benzene rings is 1. The van der Waals surface area contributed by atoms with Crippen LogP contribution in [0.3, 0.4) is 0 Å². The molecule has 2 rings (SSSR count). The molecule has 0 aliphatic heterocycles. The van der Waals surface area contributed by atoms with Crippen LogP contribution in [0.15, 0.2) is 33.5 Å². The van der Waals surface area contributed by atoms with Gasteiger partial charge in [-0.15, -0.1) is 0 Å². The summed E-state index contributed by atoms with van der Waals surface area (Å²) < 4.78 is 10.4. The van der Waals surface area contributed by atoms with Crippen LogP contribution in [0.2, 0.25) is 0 Å². The third-order valence-electron chi connectivity index (χ3n) is 3.21. The van der Waals surface area contributed by atoms with Gasteiger partial charge in [0.1, 0.15) is 12.2 Å². The molecule has 1 aromatic heterocycles. The average Bonchev–Trinajstić information content (AvgIpc) is 2.41. The van der Waals surface area contributed by atoms with E-state index in [1.165, 1.54) is 13.0 Å². The molecular formula is C18H21NO5. The quantitative estimate of drug-likeness (QED) is 0.686. The number of carbonyl (C=O) groups excluding carboxylic acids is 2. The summed E-state index contributed by atoms with van der Waals surface area (Å²) in [5.41, 5.74) is 0.722. The van der Waals surface area contributed by atoms with Crippen molar-refractivity contribution in [3.63, 3.8) is 0 Å². The maximum absolute atomic E-state index is 11.9. The van der Waals surface area contributed by atoms with Crippen LogP contribution >= 0.6 is 0 Å². The lowest BCUT2D eigenvalue weighted by Gasteiger charge is -2.16. The SMILES string of the molecule is CC(=O)Nc1ccc2c(COC(=O)CC(C)(C)C)cc(=O)oc2c1. The molecule has 0 spiro atoms. The molecule has 0 aliphatic carbocycles. The predicted octanol–water partition coefficient (Wildman–Crippen LogP) is 3.23. The van der Waals surface area contributed by atoms with Gasteiger partial charge >= 0.3 is 11.6 Å². The third kappa shape index (κ3) is 4.94. The monoisotopic (exact) mass is 331 g/mol. The number of hydrogen-bond acceptors (Lipinski definition) is 5. The standard InChI is InChI=1S/C18H21NO5/c1-11(20)19-13-5-6-14-12(7-16(21)24-15(14)8-13)10-23-17(22)9-18(2,3)4/h5-8H,9-10H2,1-4H3,(H,19,20). The first-order chi connectivity index (χ1) is 11.1. The van der Waals surface area contributed by atoms with E-state index in [9.17, 15) is 14.4 Å². The lowest BCUT2D eigenvalue weighted by atomic mass is 9.92. The first-order valence-corrected chi connectivity index (χ1v) is 7.64. The van der Waals surface area contributed by atoms with E-state index in [0.29, 0.717) is 28.6 Å². The molecular weight excluding hydrogens is 310 g/mol. The van der Waals surface area contributed by atoms with Gasteiger partial charge in [0.2, 0.25) is 5.91 Å². The second-order valence-corrected chi connectivity index (χ2v) is 6.88. The number of amides is 1. The fraction of sp³-hybridized carbons (Fsp3) is 0.389. The molecule has 6 nitrogen and oxygen atoms in total. The van der Waals surface area contributed by atoms with Crippen molar-refractivity contribution >= 4 is 28.5 Å². The maximum Gasteiger partial charge on any atom is 0.336 e. The van der Waals surface area contributed by atoms with Gasteiger partial charge in [-0.05, 0) is 17.5 Å². The Balaban J connectivity index is 2.25. The number of esters is 1. The van der Waals surface area contributed by atoms with Crippen LogP contribution in [-0.4, -0.2) is 11.9 Å². The van der Waals surface area contributed by atoms with Gasteiger partial charge < -0.3 is 14.5 Å². The van der Waals surface area contributed by atoms with Crippen LogP contribution in [0.25, 0.3) is 11.0 Å². The molecule has 1 amide bonds.